The highest BCUT2D eigenvalue weighted by Gasteiger charge is 2.40. The molecular weight excluding hydrogens is 491 g/mol. The molecule has 1 aliphatic heterocycles. The summed E-state index contributed by atoms with van der Waals surface area (Å²) in [6.45, 7) is 0.606. The molecule has 3 aromatic carbocycles. The molecule has 180 valence electrons. The number of para-hydroxylation sites is 2. The molecule has 0 fully saturated rings. The van der Waals surface area contributed by atoms with Gasteiger partial charge in [0.15, 0.2) is 5.78 Å². The summed E-state index contributed by atoms with van der Waals surface area (Å²) < 4.78 is 5.70. The van der Waals surface area contributed by atoms with Gasteiger partial charge in [-0.2, -0.15) is 0 Å². The highest BCUT2D eigenvalue weighted by Crippen LogP contribution is 2.48. The van der Waals surface area contributed by atoms with Crippen molar-refractivity contribution in [2.24, 2.45) is 0 Å². The molecule has 2 atom stereocenters. The second-order valence-corrected chi connectivity index (χ2v) is 10.2. The Balaban J connectivity index is 1.53. The second kappa shape index (κ2) is 9.53. The van der Waals surface area contributed by atoms with E-state index in [1.807, 2.05) is 72.8 Å². The third-order valence-electron chi connectivity index (χ3n) is 6.99. The van der Waals surface area contributed by atoms with Gasteiger partial charge < -0.3 is 14.6 Å². The summed E-state index contributed by atoms with van der Waals surface area (Å²) in [6.07, 6.45) is 2.77. The van der Waals surface area contributed by atoms with Crippen LogP contribution in [0.25, 0.3) is 0 Å². The molecular formula is C30H24Cl2N2O2. The number of hydrogen-bond acceptors (Lipinski definition) is 4. The molecule has 6 heteroatoms. The van der Waals surface area contributed by atoms with E-state index in [1.54, 1.807) is 6.26 Å². The van der Waals surface area contributed by atoms with Crippen LogP contribution in [0.2, 0.25) is 10.0 Å². The molecule has 0 amide bonds. The van der Waals surface area contributed by atoms with Crippen LogP contribution >= 0.6 is 23.2 Å². The lowest BCUT2D eigenvalue weighted by atomic mass is 9.80. The van der Waals surface area contributed by atoms with Crippen LogP contribution in [0.5, 0.6) is 0 Å². The number of allylic oxidation sites excluding steroid dienone is 1. The Bertz CT molecular complexity index is 1430. The lowest BCUT2D eigenvalue weighted by Crippen LogP contribution is -2.34. The number of ketones is 1. The molecule has 1 aromatic heterocycles. The lowest BCUT2D eigenvalue weighted by Gasteiger charge is -2.36. The van der Waals surface area contributed by atoms with Gasteiger partial charge in [0.2, 0.25) is 0 Å². The molecule has 2 heterocycles. The van der Waals surface area contributed by atoms with E-state index >= 15 is 0 Å². The number of rotatable bonds is 4. The van der Waals surface area contributed by atoms with Crippen molar-refractivity contribution >= 4 is 40.4 Å². The van der Waals surface area contributed by atoms with Crippen LogP contribution in [0.1, 0.15) is 41.7 Å². The van der Waals surface area contributed by atoms with Crippen LogP contribution in [-0.2, 0) is 11.3 Å². The fourth-order valence-electron chi connectivity index (χ4n) is 5.33. The van der Waals surface area contributed by atoms with Gasteiger partial charge in [0.25, 0.3) is 0 Å². The van der Waals surface area contributed by atoms with Crippen molar-refractivity contribution in [1.29, 1.82) is 0 Å². The van der Waals surface area contributed by atoms with E-state index in [1.165, 1.54) is 0 Å². The largest absolute Gasteiger partial charge is 0.469 e. The normalized spacial score (nSPS) is 19.4. The number of fused-ring (bicyclic) bond motifs is 1. The Morgan fingerprint density at radius 1 is 0.861 bits per heavy atom. The number of hydrogen-bond donors (Lipinski definition) is 1. The van der Waals surface area contributed by atoms with Gasteiger partial charge in [0.05, 0.1) is 23.7 Å². The van der Waals surface area contributed by atoms with Crippen LogP contribution in [0.15, 0.2) is 107 Å². The minimum absolute atomic E-state index is 0.000375. The smallest absolute Gasteiger partial charge is 0.163 e. The number of carbonyl (C=O) groups excluding carboxylic acids is 1. The molecule has 6 rings (SSSR count). The summed E-state index contributed by atoms with van der Waals surface area (Å²) >= 11 is 12.4. The van der Waals surface area contributed by atoms with Crippen molar-refractivity contribution in [3.05, 3.63) is 129 Å². The summed E-state index contributed by atoms with van der Waals surface area (Å²) in [5, 5.41) is 5.01. The average molecular weight is 515 g/mol. The Hall–Kier alpha value is -3.47. The number of Topliss-reactive ketones (excluding diaryl/α,β-unsaturated/α-hetero) is 1. The Labute approximate surface area is 220 Å². The highest BCUT2D eigenvalue weighted by atomic mass is 35.5. The summed E-state index contributed by atoms with van der Waals surface area (Å²) in [7, 11) is 0. The van der Waals surface area contributed by atoms with Crippen molar-refractivity contribution in [2.75, 3.05) is 10.2 Å². The van der Waals surface area contributed by atoms with Crippen molar-refractivity contribution < 1.29 is 9.21 Å². The third kappa shape index (κ3) is 4.32. The summed E-state index contributed by atoms with van der Waals surface area (Å²) in [6, 6.07) is 27.5. The fraction of sp³-hybridized carbons (Fsp3) is 0.167. The zero-order valence-corrected chi connectivity index (χ0v) is 21.0. The Morgan fingerprint density at radius 3 is 2.31 bits per heavy atom. The number of anilines is 2. The van der Waals surface area contributed by atoms with E-state index in [-0.39, 0.29) is 17.7 Å². The lowest BCUT2D eigenvalue weighted by molar-refractivity contribution is -0.116. The first-order chi connectivity index (χ1) is 17.6. The van der Waals surface area contributed by atoms with Crippen LogP contribution in [0.4, 0.5) is 11.4 Å². The number of benzene rings is 3. The van der Waals surface area contributed by atoms with Crippen LogP contribution in [-0.4, -0.2) is 5.78 Å². The molecule has 1 aliphatic carbocycles. The van der Waals surface area contributed by atoms with Crippen molar-refractivity contribution in [1.82, 2.24) is 0 Å². The first-order valence-electron chi connectivity index (χ1n) is 12.0. The Kier molecular flexibility index (Phi) is 6.08. The van der Waals surface area contributed by atoms with E-state index in [0.717, 1.165) is 39.5 Å². The number of halogens is 2. The topological polar surface area (TPSA) is 45.5 Å². The molecule has 36 heavy (non-hydrogen) atoms. The summed E-state index contributed by atoms with van der Waals surface area (Å²) in [5.74, 6) is 0.967. The maximum absolute atomic E-state index is 13.9. The van der Waals surface area contributed by atoms with Gasteiger partial charge >= 0.3 is 0 Å². The first-order valence-corrected chi connectivity index (χ1v) is 12.7. The van der Waals surface area contributed by atoms with Crippen molar-refractivity contribution in [2.45, 2.75) is 31.3 Å². The first kappa shape index (κ1) is 23.0. The monoisotopic (exact) mass is 514 g/mol. The molecule has 2 unspecified atom stereocenters. The predicted molar refractivity (Wildman–Crippen MR) is 145 cm³/mol. The maximum atomic E-state index is 13.9. The molecule has 2 aliphatic rings. The second-order valence-electron chi connectivity index (χ2n) is 9.29. The summed E-state index contributed by atoms with van der Waals surface area (Å²) in [5.41, 5.74) is 5.87. The van der Waals surface area contributed by atoms with Crippen LogP contribution < -0.4 is 10.2 Å². The van der Waals surface area contributed by atoms with Gasteiger partial charge in [-0.05, 0) is 66.1 Å². The zero-order valence-electron chi connectivity index (χ0n) is 19.5. The minimum atomic E-state index is -0.283. The molecule has 0 saturated heterocycles. The molecule has 0 spiro atoms. The minimum Gasteiger partial charge on any atom is -0.469 e. The SMILES string of the molecule is O=C1CC(c2ccco2)CC2=C1C(c1ccc(Cl)cc1)N(Cc1ccc(Cl)cc1)c1ccccc1N2. The zero-order chi connectivity index (χ0) is 24.6. The highest BCUT2D eigenvalue weighted by molar-refractivity contribution is 6.30. The van der Waals surface area contributed by atoms with Gasteiger partial charge in [-0.1, -0.05) is 59.6 Å². The fourth-order valence-corrected chi connectivity index (χ4v) is 5.59. The van der Waals surface area contributed by atoms with Crippen molar-refractivity contribution in [3.8, 4) is 0 Å². The molecule has 4 nitrogen and oxygen atoms in total. The molecule has 0 radical (unpaired) electrons. The maximum Gasteiger partial charge on any atom is 0.163 e. The van der Waals surface area contributed by atoms with Gasteiger partial charge in [0.1, 0.15) is 5.76 Å². The van der Waals surface area contributed by atoms with Gasteiger partial charge in [0, 0.05) is 40.2 Å². The van der Waals surface area contributed by atoms with Crippen molar-refractivity contribution in [3.63, 3.8) is 0 Å². The molecule has 1 N–H and O–H groups in total. The van der Waals surface area contributed by atoms with E-state index < -0.39 is 0 Å². The number of furan rings is 1. The van der Waals surface area contributed by atoms with Gasteiger partial charge in [-0.25, -0.2) is 0 Å². The van der Waals surface area contributed by atoms with E-state index in [2.05, 4.69) is 22.3 Å². The predicted octanol–water partition coefficient (Wildman–Crippen LogP) is 8.16. The van der Waals surface area contributed by atoms with E-state index in [4.69, 9.17) is 27.6 Å². The standard InChI is InChI=1S/C30H24Cl2N2O2/c31-22-11-7-19(8-12-22)18-34-26-5-2-1-4-24(26)33-25-16-21(28-6-3-15-36-28)17-27(35)29(25)30(34)20-9-13-23(32)14-10-20/h1-15,21,30,33H,16-18H2. The third-order valence-corrected chi connectivity index (χ3v) is 7.49. The number of nitrogens with one attached hydrogen (secondary N) is 1. The quantitative estimate of drug-likeness (QED) is 0.298. The summed E-state index contributed by atoms with van der Waals surface area (Å²) in [4.78, 5) is 16.2. The van der Waals surface area contributed by atoms with E-state index in [0.29, 0.717) is 29.4 Å². The molecule has 0 saturated carbocycles. The molecule has 0 bridgehead atoms. The van der Waals surface area contributed by atoms with Crippen LogP contribution in [0.3, 0.4) is 0 Å². The molecule has 4 aromatic rings. The number of carbonyl (C=O) groups is 1. The van der Waals surface area contributed by atoms with Gasteiger partial charge in [-0.15, -0.1) is 0 Å². The average Bonchev–Trinajstić information content (AvgIpc) is 3.38. The number of nitrogens with zero attached hydrogens (tertiary/aromatic N) is 1. The van der Waals surface area contributed by atoms with Crippen LogP contribution in [0, 0.1) is 0 Å². The van der Waals surface area contributed by atoms with Gasteiger partial charge in [-0.3, -0.25) is 4.79 Å². The van der Waals surface area contributed by atoms with E-state index in [9.17, 15) is 4.79 Å². The Morgan fingerprint density at radius 2 is 1.58 bits per heavy atom.